The summed E-state index contributed by atoms with van der Waals surface area (Å²) in [4.78, 5) is 18.0. The lowest BCUT2D eigenvalue weighted by Crippen LogP contribution is -2.36. The van der Waals surface area contributed by atoms with E-state index in [0.717, 1.165) is 17.9 Å². The number of hydrogen-bond acceptors (Lipinski definition) is 4. The van der Waals surface area contributed by atoms with Crippen molar-refractivity contribution in [1.82, 2.24) is 9.88 Å². The number of likely N-dealkylation sites (N-methyl/N-ethyl adjacent to an activating group) is 1. The lowest BCUT2D eigenvalue weighted by Gasteiger charge is -2.24. The lowest BCUT2D eigenvalue weighted by atomic mass is 10.2. The first kappa shape index (κ1) is 14.8. The summed E-state index contributed by atoms with van der Waals surface area (Å²) in [5.41, 5.74) is 6.94. The van der Waals surface area contributed by atoms with Gasteiger partial charge in [0.25, 0.3) is 0 Å². The number of nitrogen functional groups attached to an aromatic ring is 1. The summed E-state index contributed by atoms with van der Waals surface area (Å²) in [6, 6.07) is 3.83. The van der Waals surface area contributed by atoms with E-state index in [0.29, 0.717) is 12.1 Å². The Labute approximate surface area is 113 Å². The van der Waals surface area contributed by atoms with Gasteiger partial charge in [0.15, 0.2) is 0 Å². The van der Waals surface area contributed by atoms with E-state index >= 15 is 0 Å². The maximum atomic E-state index is 12.0. The summed E-state index contributed by atoms with van der Waals surface area (Å²) >= 11 is 1.80. The van der Waals surface area contributed by atoms with Gasteiger partial charge < -0.3 is 10.6 Å². The van der Waals surface area contributed by atoms with Crippen LogP contribution in [-0.4, -0.2) is 40.9 Å². The van der Waals surface area contributed by atoms with Gasteiger partial charge in [0.05, 0.1) is 18.3 Å². The molecule has 1 rings (SSSR count). The molecule has 0 aliphatic rings. The van der Waals surface area contributed by atoms with Crippen LogP contribution in [0, 0.1) is 0 Å². The normalized spacial score (nSPS) is 12.2. The van der Waals surface area contributed by atoms with Crippen molar-refractivity contribution < 1.29 is 4.79 Å². The minimum atomic E-state index is 0.0980. The van der Waals surface area contributed by atoms with Gasteiger partial charge >= 0.3 is 0 Å². The molecular weight excluding hydrogens is 246 g/mol. The van der Waals surface area contributed by atoms with Crippen LogP contribution in [0.4, 0.5) is 5.69 Å². The number of aromatic nitrogens is 1. The lowest BCUT2D eigenvalue weighted by molar-refractivity contribution is -0.131. The first-order valence-corrected chi connectivity index (χ1v) is 7.39. The first-order chi connectivity index (χ1) is 8.54. The zero-order chi connectivity index (χ0) is 13.5. The number of carbonyl (C=O) groups is 1. The second-order valence-corrected chi connectivity index (χ2v) is 5.38. The Hall–Kier alpha value is -1.23. The maximum absolute atomic E-state index is 12.0. The maximum Gasteiger partial charge on any atom is 0.228 e. The van der Waals surface area contributed by atoms with E-state index in [1.54, 1.807) is 35.0 Å². The van der Waals surface area contributed by atoms with Gasteiger partial charge in [-0.3, -0.25) is 9.78 Å². The Bertz CT molecular complexity index is 380. The van der Waals surface area contributed by atoms with E-state index in [4.69, 9.17) is 5.73 Å². The van der Waals surface area contributed by atoms with E-state index in [2.05, 4.69) is 18.2 Å². The monoisotopic (exact) mass is 267 g/mol. The van der Waals surface area contributed by atoms with Crippen molar-refractivity contribution in [3.63, 3.8) is 0 Å². The summed E-state index contributed by atoms with van der Waals surface area (Å²) in [6.45, 7) is 2.07. The fourth-order valence-electron chi connectivity index (χ4n) is 1.55. The van der Waals surface area contributed by atoms with Gasteiger partial charge in [-0.25, -0.2) is 0 Å². The van der Waals surface area contributed by atoms with Crippen molar-refractivity contribution >= 4 is 23.4 Å². The highest BCUT2D eigenvalue weighted by atomic mass is 32.2. The molecule has 0 aromatic carbocycles. The third-order valence-corrected chi connectivity index (χ3v) is 3.62. The van der Waals surface area contributed by atoms with Gasteiger partial charge in [0, 0.05) is 18.8 Å². The average Bonchev–Trinajstić information content (AvgIpc) is 2.37. The highest BCUT2D eigenvalue weighted by Crippen LogP contribution is 2.09. The van der Waals surface area contributed by atoms with E-state index in [-0.39, 0.29) is 11.9 Å². The Kier molecular flexibility index (Phi) is 5.98. The van der Waals surface area contributed by atoms with Crippen LogP contribution >= 0.6 is 11.8 Å². The molecule has 0 fully saturated rings. The molecule has 0 saturated heterocycles. The van der Waals surface area contributed by atoms with Crippen molar-refractivity contribution in [1.29, 1.82) is 0 Å². The smallest absolute Gasteiger partial charge is 0.228 e. The molecule has 0 spiro atoms. The zero-order valence-corrected chi connectivity index (χ0v) is 12.0. The summed E-state index contributed by atoms with van der Waals surface area (Å²) in [5, 5.41) is 0. The van der Waals surface area contributed by atoms with Crippen LogP contribution in [0.15, 0.2) is 18.3 Å². The quantitative estimate of drug-likeness (QED) is 0.854. The molecule has 0 aliphatic carbocycles. The van der Waals surface area contributed by atoms with Crippen molar-refractivity contribution in [2.45, 2.75) is 25.8 Å². The fourth-order valence-corrected chi connectivity index (χ4v) is 2.12. The van der Waals surface area contributed by atoms with Crippen LogP contribution in [0.2, 0.25) is 0 Å². The minimum absolute atomic E-state index is 0.0980. The standard InChI is InChI=1S/C13H21N3OS/c1-10(6-7-18-3)16(2)13(17)8-12-5-4-11(14)9-15-12/h4-5,9-10H,6-8,14H2,1-3H3. The van der Waals surface area contributed by atoms with Gasteiger partial charge in [-0.2, -0.15) is 11.8 Å². The molecule has 1 amide bonds. The SMILES string of the molecule is CSCCC(C)N(C)C(=O)Cc1ccc(N)cn1. The predicted molar refractivity (Wildman–Crippen MR) is 77.6 cm³/mol. The Morgan fingerprint density at radius 3 is 2.83 bits per heavy atom. The molecule has 100 valence electrons. The van der Waals surface area contributed by atoms with Crippen LogP contribution in [-0.2, 0) is 11.2 Å². The topological polar surface area (TPSA) is 59.2 Å². The third-order valence-electron chi connectivity index (χ3n) is 2.97. The molecule has 0 radical (unpaired) electrons. The van der Waals surface area contributed by atoms with Crippen molar-refractivity contribution in [2.75, 3.05) is 24.8 Å². The molecule has 1 aromatic rings. The Morgan fingerprint density at radius 1 is 1.56 bits per heavy atom. The van der Waals surface area contributed by atoms with Gasteiger partial charge in [-0.15, -0.1) is 0 Å². The molecule has 1 atom stereocenters. The number of nitrogens with zero attached hydrogens (tertiary/aromatic N) is 2. The summed E-state index contributed by atoms with van der Waals surface area (Å²) in [7, 11) is 1.85. The number of pyridine rings is 1. The second-order valence-electron chi connectivity index (χ2n) is 4.39. The fraction of sp³-hybridized carbons (Fsp3) is 0.538. The molecule has 1 heterocycles. The summed E-state index contributed by atoms with van der Waals surface area (Å²) < 4.78 is 0. The Morgan fingerprint density at radius 2 is 2.28 bits per heavy atom. The highest BCUT2D eigenvalue weighted by Gasteiger charge is 2.16. The molecule has 5 heteroatoms. The Balaban J connectivity index is 2.51. The van der Waals surface area contributed by atoms with Crippen molar-refractivity contribution in [3.8, 4) is 0 Å². The van der Waals surface area contributed by atoms with E-state index < -0.39 is 0 Å². The van der Waals surface area contributed by atoms with Gasteiger partial charge in [0.1, 0.15) is 0 Å². The number of amides is 1. The molecule has 0 saturated carbocycles. The predicted octanol–water partition coefficient (Wildman–Crippen LogP) is 1.81. The third kappa shape index (κ3) is 4.56. The largest absolute Gasteiger partial charge is 0.397 e. The molecule has 18 heavy (non-hydrogen) atoms. The van der Waals surface area contributed by atoms with Crippen LogP contribution in [0.25, 0.3) is 0 Å². The minimum Gasteiger partial charge on any atom is -0.397 e. The number of hydrogen-bond donors (Lipinski definition) is 1. The van der Waals surface area contributed by atoms with E-state index in [1.807, 2.05) is 7.05 Å². The second kappa shape index (κ2) is 7.26. The first-order valence-electron chi connectivity index (χ1n) is 5.99. The number of anilines is 1. The average molecular weight is 267 g/mol. The van der Waals surface area contributed by atoms with Gasteiger partial charge in [-0.05, 0) is 37.5 Å². The number of carbonyl (C=O) groups excluding carboxylic acids is 1. The summed E-state index contributed by atoms with van der Waals surface area (Å²) in [6.07, 6.45) is 5.01. The molecule has 0 bridgehead atoms. The highest BCUT2D eigenvalue weighted by molar-refractivity contribution is 7.98. The molecule has 2 N–H and O–H groups in total. The number of nitrogens with two attached hydrogens (primary N) is 1. The zero-order valence-electron chi connectivity index (χ0n) is 11.2. The number of rotatable bonds is 6. The summed E-state index contributed by atoms with van der Waals surface area (Å²) in [5.74, 6) is 1.17. The van der Waals surface area contributed by atoms with Crippen LogP contribution in [0.1, 0.15) is 19.0 Å². The number of thioether (sulfide) groups is 1. The molecule has 4 nitrogen and oxygen atoms in total. The van der Waals surface area contributed by atoms with E-state index in [9.17, 15) is 4.79 Å². The molecule has 0 aliphatic heterocycles. The van der Waals surface area contributed by atoms with Crippen molar-refractivity contribution in [3.05, 3.63) is 24.0 Å². The molecule has 1 unspecified atom stereocenters. The molecular formula is C13H21N3OS. The van der Waals surface area contributed by atoms with Crippen LogP contribution in [0.5, 0.6) is 0 Å². The van der Waals surface area contributed by atoms with Gasteiger partial charge in [0.2, 0.25) is 5.91 Å². The van der Waals surface area contributed by atoms with Gasteiger partial charge in [-0.1, -0.05) is 0 Å². The van der Waals surface area contributed by atoms with Crippen LogP contribution < -0.4 is 5.73 Å². The molecule has 1 aromatic heterocycles. The van der Waals surface area contributed by atoms with Crippen molar-refractivity contribution in [2.24, 2.45) is 0 Å². The van der Waals surface area contributed by atoms with E-state index in [1.165, 1.54) is 0 Å². The van der Waals surface area contributed by atoms with Crippen LogP contribution in [0.3, 0.4) is 0 Å².